The van der Waals surface area contributed by atoms with Gasteiger partial charge in [0.1, 0.15) is 11.6 Å². The molecule has 0 aliphatic heterocycles. The smallest absolute Gasteiger partial charge is 0.191 e. The molecule has 4 nitrogen and oxygen atoms in total. The number of hydrogen-bond donors (Lipinski definition) is 2. The van der Waals surface area contributed by atoms with Gasteiger partial charge in [-0.1, -0.05) is 11.8 Å². The van der Waals surface area contributed by atoms with E-state index in [2.05, 4.69) is 45.9 Å². The van der Waals surface area contributed by atoms with E-state index in [4.69, 9.17) is 0 Å². The zero-order valence-corrected chi connectivity index (χ0v) is 13.0. The topological polar surface area (TPSA) is 49.8 Å². The molecule has 2 N–H and O–H groups in total. The number of hydrogen-bond acceptors (Lipinski definition) is 6. The van der Waals surface area contributed by atoms with Crippen LogP contribution in [0.25, 0.3) is 0 Å². The fourth-order valence-electron chi connectivity index (χ4n) is 1.63. The van der Waals surface area contributed by atoms with Gasteiger partial charge in [-0.3, -0.25) is 0 Å². The van der Waals surface area contributed by atoms with Crippen molar-refractivity contribution in [3.8, 4) is 0 Å². The fraction of sp³-hybridized carbons (Fsp3) is 0.385. The minimum absolute atomic E-state index is 0.781. The van der Waals surface area contributed by atoms with Crippen LogP contribution in [0, 0.1) is 6.92 Å². The standard InChI is InChI=1S/C13H18N4S2/c1-4-14-11-7-12(17-13(16-11)18-3)15-8-10-9(2)5-6-19-10/h5-7H,4,8H2,1-3H3,(H2,14,15,16,17). The molecule has 0 aliphatic carbocycles. The van der Waals surface area contributed by atoms with Gasteiger partial charge in [-0.05, 0) is 37.1 Å². The highest BCUT2D eigenvalue weighted by Crippen LogP contribution is 2.20. The minimum Gasteiger partial charge on any atom is -0.370 e. The van der Waals surface area contributed by atoms with Crippen molar-refractivity contribution < 1.29 is 0 Å². The van der Waals surface area contributed by atoms with Crippen molar-refractivity contribution >= 4 is 34.7 Å². The molecule has 102 valence electrons. The molecule has 2 heterocycles. The van der Waals surface area contributed by atoms with Gasteiger partial charge in [0, 0.05) is 17.5 Å². The Morgan fingerprint density at radius 1 is 1.26 bits per heavy atom. The largest absolute Gasteiger partial charge is 0.370 e. The van der Waals surface area contributed by atoms with Crippen LogP contribution in [0.2, 0.25) is 0 Å². The predicted molar refractivity (Wildman–Crippen MR) is 84.4 cm³/mol. The highest BCUT2D eigenvalue weighted by molar-refractivity contribution is 7.98. The highest BCUT2D eigenvalue weighted by atomic mass is 32.2. The van der Waals surface area contributed by atoms with Crippen LogP contribution in [0.5, 0.6) is 0 Å². The van der Waals surface area contributed by atoms with E-state index in [0.29, 0.717) is 0 Å². The van der Waals surface area contributed by atoms with Crippen LogP contribution in [0.3, 0.4) is 0 Å². The van der Waals surface area contributed by atoms with Crippen molar-refractivity contribution in [2.24, 2.45) is 0 Å². The summed E-state index contributed by atoms with van der Waals surface area (Å²) in [5, 5.41) is 9.49. The molecular weight excluding hydrogens is 276 g/mol. The highest BCUT2D eigenvalue weighted by Gasteiger charge is 2.05. The molecule has 0 saturated heterocycles. The quantitative estimate of drug-likeness (QED) is 0.629. The number of rotatable bonds is 6. The summed E-state index contributed by atoms with van der Waals surface area (Å²) in [5.41, 5.74) is 1.32. The van der Waals surface area contributed by atoms with Gasteiger partial charge in [-0.15, -0.1) is 11.3 Å². The number of nitrogens with one attached hydrogen (secondary N) is 2. The average Bonchev–Trinajstić information content (AvgIpc) is 2.82. The summed E-state index contributed by atoms with van der Waals surface area (Å²) in [7, 11) is 0. The molecule has 0 unspecified atom stereocenters. The molecule has 2 aromatic heterocycles. The Kier molecular flexibility index (Phi) is 5.04. The van der Waals surface area contributed by atoms with Gasteiger partial charge >= 0.3 is 0 Å². The SMILES string of the molecule is CCNc1cc(NCc2sccc2C)nc(SC)n1. The summed E-state index contributed by atoms with van der Waals surface area (Å²) < 4.78 is 0. The van der Waals surface area contributed by atoms with Crippen LogP contribution in [0.4, 0.5) is 11.6 Å². The van der Waals surface area contributed by atoms with E-state index in [9.17, 15) is 0 Å². The molecular formula is C13H18N4S2. The molecule has 0 aromatic carbocycles. The monoisotopic (exact) mass is 294 g/mol. The van der Waals surface area contributed by atoms with E-state index in [1.54, 1.807) is 23.1 Å². The van der Waals surface area contributed by atoms with Gasteiger partial charge in [-0.2, -0.15) is 0 Å². The maximum atomic E-state index is 4.47. The summed E-state index contributed by atoms with van der Waals surface area (Å²) >= 11 is 3.32. The third-order valence-electron chi connectivity index (χ3n) is 2.64. The fourth-order valence-corrected chi connectivity index (χ4v) is 2.86. The Morgan fingerprint density at radius 3 is 2.58 bits per heavy atom. The van der Waals surface area contributed by atoms with Crippen molar-refractivity contribution in [1.29, 1.82) is 0 Å². The molecule has 0 amide bonds. The first-order chi connectivity index (χ1) is 9.22. The van der Waals surface area contributed by atoms with Gasteiger partial charge in [0.05, 0.1) is 6.54 Å². The molecule has 0 aliphatic rings. The maximum absolute atomic E-state index is 4.47. The van der Waals surface area contributed by atoms with E-state index in [1.165, 1.54) is 10.4 Å². The molecule has 2 rings (SSSR count). The normalized spacial score (nSPS) is 10.5. The molecule has 0 atom stereocenters. The lowest BCUT2D eigenvalue weighted by molar-refractivity contribution is 0.951. The van der Waals surface area contributed by atoms with Crippen LogP contribution in [0.1, 0.15) is 17.4 Å². The van der Waals surface area contributed by atoms with Crippen LogP contribution in [0.15, 0.2) is 22.7 Å². The van der Waals surface area contributed by atoms with Crippen molar-refractivity contribution in [2.75, 3.05) is 23.4 Å². The molecule has 0 radical (unpaired) electrons. The molecule has 0 bridgehead atoms. The molecule has 0 fully saturated rings. The number of thiophene rings is 1. The molecule has 6 heteroatoms. The van der Waals surface area contributed by atoms with E-state index in [0.717, 1.165) is 29.9 Å². The molecule has 19 heavy (non-hydrogen) atoms. The van der Waals surface area contributed by atoms with Crippen molar-refractivity contribution in [3.63, 3.8) is 0 Å². The zero-order chi connectivity index (χ0) is 13.7. The third-order valence-corrected chi connectivity index (χ3v) is 4.22. The molecule has 0 saturated carbocycles. The number of thioether (sulfide) groups is 1. The van der Waals surface area contributed by atoms with Crippen LogP contribution in [-0.2, 0) is 6.54 Å². The van der Waals surface area contributed by atoms with Crippen LogP contribution in [-0.4, -0.2) is 22.8 Å². The summed E-state index contributed by atoms with van der Waals surface area (Å²) in [6, 6.07) is 4.09. The summed E-state index contributed by atoms with van der Waals surface area (Å²) in [6.45, 7) is 5.85. The molecule has 0 spiro atoms. The first-order valence-electron chi connectivity index (χ1n) is 6.16. The van der Waals surface area contributed by atoms with Gasteiger partial charge in [0.15, 0.2) is 5.16 Å². The first kappa shape index (κ1) is 14.1. The van der Waals surface area contributed by atoms with Crippen molar-refractivity contribution in [3.05, 3.63) is 28.0 Å². The lowest BCUT2D eigenvalue weighted by Crippen LogP contribution is -2.06. The van der Waals surface area contributed by atoms with Crippen molar-refractivity contribution in [1.82, 2.24) is 9.97 Å². The number of aromatic nitrogens is 2. The second-order valence-corrected chi connectivity index (χ2v) is 5.81. The molecule has 2 aromatic rings. The Balaban J connectivity index is 2.10. The maximum Gasteiger partial charge on any atom is 0.191 e. The lowest BCUT2D eigenvalue weighted by Gasteiger charge is -2.09. The number of nitrogens with zero attached hydrogens (tertiary/aromatic N) is 2. The van der Waals surface area contributed by atoms with Gasteiger partial charge < -0.3 is 10.6 Å². The second-order valence-electron chi connectivity index (χ2n) is 4.04. The Hall–Kier alpha value is -1.27. The van der Waals surface area contributed by atoms with Crippen molar-refractivity contribution in [2.45, 2.75) is 25.5 Å². The van der Waals surface area contributed by atoms with Gasteiger partial charge in [0.25, 0.3) is 0 Å². The van der Waals surface area contributed by atoms with Gasteiger partial charge in [-0.25, -0.2) is 9.97 Å². The van der Waals surface area contributed by atoms with E-state index in [-0.39, 0.29) is 0 Å². The number of anilines is 2. The third kappa shape index (κ3) is 3.84. The Morgan fingerprint density at radius 2 is 2.00 bits per heavy atom. The van der Waals surface area contributed by atoms with E-state index in [1.807, 2.05) is 12.3 Å². The zero-order valence-electron chi connectivity index (χ0n) is 11.4. The van der Waals surface area contributed by atoms with E-state index < -0.39 is 0 Å². The summed E-state index contributed by atoms with van der Waals surface area (Å²) in [6.07, 6.45) is 1.98. The predicted octanol–water partition coefficient (Wildman–Crippen LogP) is 3.61. The summed E-state index contributed by atoms with van der Waals surface area (Å²) in [5.74, 6) is 1.73. The summed E-state index contributed by atoms with van der Waals surface area (Å²) in [4.78, 5) is 10.2. The Bertz CT molecular complexity index is 539. The van der Waals surface area contributed by atoms with E-state index >= 15 is 0 Å². The number of aryl methyl sites for hydroxylation is 1. The lowest BCUT2D eigenvalue weighted by atomic mass is 10.3. The van der Waals surface area contributed by atoms with Crippen LogP contribution < -0.4 is 10.6 Å². The first-order valence-corrected chi connectivity index (χ1v) is 8.27. The van der Waals surface area contributed by atoms with Gasteiger partial charge in [0.2, 0.25) is 0 Å². The Labute approximate surface area is 122 Å². The second kappa shape index (κ2) is 6.77. The van der Waals surface area contributed by atoms with Crippen LogP contribution >= 0.6 is 23.1 Å². The average molecular weight is 294 g/mol. The minimum atomic E-state index is 0.781.